The number of allylic oxidation sites excluding steroid dienone is 2. The molecule has 4 N–H and O–H groups in total. The van der Waals surface area contributed by atoms with Crippen LogP contribution in [0.25, 0.3) is 0 Å². The van der Waals surface area contributed by atoms with Gasteiger partial charge in [-0.1, -0.05) is 244 Å². The summed E-state index contributed by atoms with van der Waals surface area (Å²) in [7, 11) is -4.72. The highest BCUT2D eigenvalue weighted by molar-refractivity contribution is 7.47. The van der Waals surface area contributed by atoms with Crippen molar-refractivity contribution in [3.8, 4) is 0 Å². The van der Waals surface area contributed by atoms with Crippen molar-refractivity contribution in [2.75, 3.05) is 19.8 Å². The van der Waals surface area contributed by atoms with Crippen molar-refractivity contribution >= 4 is 25.7 Å². The van der Waals surface area contributed by atoms with E-state index in [1.807, 2.05) is 0 Å². The lowest BCUT2D eigenvalue weighted by atomic mass is 10.0. The monoisotopic (exact) mass is 958 g/mol. The smallest absolute Gasteiger partial charge is 0.472 e. The van der Waals surface area contributed by atoms with Crippen LogP contribution in [0.1, 0.15) is 284 Å². The standard InChI is InChI=1S/C54H104NO10P/c1-3-5-7-9-11-13-15-17-19-21-23-25-27-29-31-33-35-37-39-41-43-45-52(56)62-47-50(48-63-66(60,61)64-49-51(55)54(58)59)65-53(57)46-44-42-40-38-36-34-32-30-28-26-24-22-20-18-16-14-12-10-8-6-4-2/h17,19,50-51H,3-16,18,20-49,55H2,1-2H3,(H,58,59)(H,60,61)/b19-17+/t50-,51+/m1/s1. The van der Waals surface area contributed by atoms with E-state index >= 15 is 0 Å². The largest absolute Gasteiger partial charge is 0.480 e. The number of carboxylic acid groups (broad SMARTS) is 1. The third kappa shape index (κ3) is 48.7. The molecule has 0 saturated carbocycles. The van der Waals surface area contributed by atoms with E-state index in [4.69, 9.17) is 29.4 Å². The Kier molecular flexibility index (Phi) is 48.3. The number of carboxylic acids is 1. The van der Waals surface area contributed by atoms with E-state index in [0.29, 0.717) is 12.8 Å². The zero-order valence-corrected chi connectivity index (χ0v) is 43.7. The van der Waals surface area contributed by atoms with E-state index in [0.717, 1.165) is 38.5 Å². The molecule has 390 valence electrons. The molecule has 0 fully saturated rings. The van der Waals surface area contributed by atoms with Gasteiger partial charge in [0, 0.05) is 12.8 Å². The number of phosphoric ester groups is 1. The Balaban J connectivity index is 4.15. The molecule has 0 aromatic carbocycles. The number of unbranched alkanes of at least 4 members (excludes halogenated alkanes) is 37. The normalized spacial score (nSPS) is 13.5. The Bertz CT molecular complexity index is 1170. The van der Waals surface area contributed by atoms with E-state index in [2.05, 4.69) is 26.0 Å². The average Bonchev–Trinajstić information content (AvgIpc) is 3.30. The lowest BCUT2D eigenvalue weighted by Crippen LogP contribution is -2.34. The molecule has 0 rings (SSSR count). The molecule has 0 saturated heterocycles. The molecule has 3 atom stereocenters. The van der Waals surface area contributed by atoms with Gasteiger partial charge in [0.05, 0.1) is 13.2 Å². The summed E-state index contributed by atoms with van der Waals surface area (Å²) in [4.78, 5) is 46.3. The summed E-state index contributed by atoms with van der Waals surface area (Å²) >= 11 is 0. The number of nitrogens with two attached hydrogens (primary N) is 1. The van der Waals surface area contributed by atoms with E-state index in [1.165, 1.54) is 205 Å². The van der Waals surface area contributed by atoms with Crippen LogP contribution in [0.3, 0.4) is 0 Å². The maximum atomic E-state index is 12.7. The number of hydrogen-bond donors (Lipinski definition) is 3. The fraction of sp³-hybridized carbons (Fsp3) is 0.907. The molecule has 0 aliphatic carbocycles. The fourth-order valence-corrected chi connectivity index (χ4v) is 8.96. The van der Waals surface area contributed by atoms with Crippen molar-refractivity contribution in [3.05, 3.63) is 12.2 Å². The summed E-state index contributed by atoms with van der Waals surface area (Å²) in [5.41, 5.74) is 5.36. The zero-order valence-electron chi connectivity index (χ0n) is 42.8. The van der Waals surface area contributed by atoms with Gasteiger partial charge in [-0.05, 0) is 38.5 Å². The van der Waals surface area contributed by atoms with Gasteiger partial charge in [0.1, 0.15) is 12.6 Å². The highest BCUT2D eigenvalue weighted by atomic mass is 31.2. The lowest BCUT2D eigenvalue weighted by molar-refractivity contribution is -0.161. The van der Waals surface area contributed by atoms with Gasteiger partial charge in [0.15, 0.2) is 6.10 Å². The predicted molar refractivity (Wildman–Crippen MR) is 273 cm³/mol. The minimum absolute atomic E-state index is 0.168. The number of aliphatic carboxylic acids is 1. The predicted octanol–water partition coefficient (Wildman–Crippen LogP) is 16.0. The van der Waals surface area contributed by atoms with Gasteiger partial charge < -0.3 is 25.2 Å². The second kappa shape index (κ2) is 49.6. The molecule has 0 spiro atoms. The Labute approximate surface area is 405 Å². The lowest BCUT2D eigenvalue weighted by Gasteiger charge is -2.20. The Morgan fingerprint density at radius 2 is 0.758 bits per heavy atom. The maximum absolute atomic E-state index is 12.7. The van der Waals surface area contributed by atoms with E-state index in [-0.39, 0.29) is 19.4 Å². The van der Waals surface area contributed by atoms with Gasteiger partial charge >= 0.3 is 25.7 Å². The van der Waals surface area contributed by atoms with Crippen LogP contribution in [-0.2, 0) is 37.5 Å². The number of carbonyl (C=O) groups excluding carboxylic acids is 2. The van der Waals surface area contributed by atoms with Crippen LogP contribution in [0.5, 0.6) is 0 Å². The molecule has 0 bridgehead atoms. The zero-order chi connectivity index (χ0) is 48.4. The van der Waals surface area contributed by atoms with Crippen molar-refractivity contribution in [2.24, 2.45) is 5.73 Å². The third-order valence-corrected chi connectivity index (χ3v) is 13.5. The topological polar surface area (TPSA) is 172 Å². The van der Waals surface area contributed by atoms with Crippen molar-refractivity contribution < 1.29 is 47.5 Å². The molecule has 11 nitrogen and oxygen atoms in total. The molecule has 0 aromatic heterocycles. The van der Waals surface area contributed by atoms with Gasteiger partial charge in [-0.15, -0.1) is 0 Å². The Morgan fingerprint density at radius 1 is 0.455 bits per heavy atom. The second-order valence-corrected chi connectivity index (χ2v) is 20.5. The molecule has 0 heterocycles. The summed E-state index contributed by atoms with van der Waals surface area (Å²) in [5, 5.41) is 8.93. The number of esters is 2. The summed E-state index contributed by atoms with van der Waals surface area (Å²) in [5.74, 6) is -2.35. The first-order valence-electron chi connectivity index (χ1n) is 27.7. The van der Waals surface area contributed by atoms with Gasteiger partial charge in [-0.25, -0.2) is 4.57 Å². The van der Waals surface area contributed by atoms with Crippen LogP contribution in [0.4, 0.5) is 0 Å². The molecule has 0 amide bonds. The molecule has 0 aliphatic rings. The number of phosphoric acid groups is 1. The minimum atomic E-state index is -4.72. The average molecular weight is 958 g/mol. The first kappa shape index (κ1) is 64.2. The molecule has 0 aliphatic heterocycles. The summed E-state index contributed by atoms with van der Waals surface area (Å²) in [6.07, 6.45) is 54.2. The molecule has 12 heteroatoms. The number of hydrogen-bond acceptors (Lipinski definition) is 9. The van der Waals surface area contributed by atoms with Crippen molar-refractivity contribution in [1.82, 2.24) is 0 Å². The van der Waals surface area contributed by atoms with Crippen molar-refractivity contribution in [2.45, 2.75) is 296 Å². The van der Waals surface area contributed by atoms with Gasteiger partial charge in [-0.3, -0.25) is 23.4 Å². The Morgan fingerprint density at radius 3 is 1.11 bits per heavy atom. The van der Waals surface area contributed by atoms with Gasteiger partial charge in [0.2, 0.25) is 0 Å². The number of carbonyl (C=O) groups is 3. The van der Waals surface area contributed by atoms with E-state index in [1.54, 1.807) is 0 Å². The van der Waals surface area contributed by atoms with Gasteiger partial charge in [0.25, 0.3) is 0 Å². The summed E-state index contributed by atoms with van der Waals surface area (Å²) in [6.45, 7) is 2.87. The van der Waals surface area contributed by atoms with E-state index < -0.39 is 51.1 Å². The van der Waals surface area contributed by atoms with Crippen LogP contribution in [0.2, 0.25) is 0 Å². The number of ether oxygens (including phenoxy) is 2. The summed E-state index contributed by atoms with van der Waals surface area (Å²) in [6, 6.07) is -1.52. The second-order valence-electron chi connectivity index (χ2n) is 19.1. The number of rotatable bonds is 53. The first-order chi connectivity index (χ1) is 32.1. The van der Waals surface area contributed by atoms with Crippen LogP contribution < -0.4 is 5.73 Å². The molecule has 1 unspecified atom stereocenters. The minimum Gasteiger partial charge on any atom is -0.480 e. The molecular formula is C54H104NO10P. The van der Waals surface area contributed by atoms with Crippen LogP contribution in [-0.4, -0.2) is 59.9 Å². The van der Waals surface area contributed by atoms with Crippen LogP contribution in [0.15, 0.2) is 12.2 Å². The third-order valence-electron chi connectivity index (χ3n) is 12.5. The first-order valence-corrected chi connectivity index (χ1v) is 29.2. The van der Waals surface area contributed by atoms with Crippen molar-refractivity contribution in [3.63, 3.8) is 0 Å². The molecule has 66 heavy (non-hydrogen) atoms. The molecular weight excluding hydrogens is 854 g/mol. The summed E-state index contributed by atoms with van der Waals surface area (Å²) < 4.78 is 32.9. The highest BCUT2D eigenvalue weighted by Crippen LogP contribution is 2.43. The molecule has 0 aromatic rings. The van der Waals surface area contributed by atoms with Crippen molar-refractivity contribution in [1.29, 1.82) is 0 Å². The SMILES string of the molecule is CCCCCCCC/C=C/CCCCCCCCCCCCCC(=O)OC[C@H](COP(=O)(O)OC[C@H](N)C(=O)O)OC(=O)CCCCCCCCCCCCCCCCCCCCCCC. The highest BCUT2D eigenvalue weighted by Gasteiger charge is 2.28. The quantitative estimate of drug-likeness (QED) is 0.0229. The van der Waals surface area contributed by atoms with Gasteiger partial charge in [-0.2, -0.15) is 0 Å². The fourth-order valence-electron chi connectivity index (χ4n) is 8.18. The maximum Gasteiger partial charge on any atom is 0.472 e. The van der Waals surface area contributed by atoms with Crippen LogP contribution >= 0.6 is 7.82 Å². The van der Waals surface area contributed by atoms with Crippen LogP contribution in [0, 0.1) is 0 Å². The molecule has 0 radical (unpaired) electrons. The van der Waals surface area contributed by atoms with E-state index in [9.17, 15) is 23.8 Å². The Hall–Kier alpha value is -1.78.